The standard InChI is InChI=1S/C26H34N2O4/c1-18(2)21-7-11-24(12-8-21)32-19(3)26(30)27-22-13-15-28(16-14-22)25(29)17-20-5-9-23(31-4)10-6-20/h5-12,18-19,22H,13-17H2,1-4H3,(H,27,30). The van der Waals surface area contributed by atoms with Gasteiger partial charge in [0, 0.05) is 19.1 Å². The summed E-state index contributed by atoms with van der Waals surface area (Å²) in [5.41, 5.74) is 2.21. The average Bonchev–Trinajstić information content (AvgIpc) is 2.80. The van der Waals surface area contributed by atoms with E-state index in [0.29, 0.717) is 31.2 Å². The molecule has 172 valence electrons. The predicted molar refractivity (Wildman–Crippen MR) is 125 cm³/mol. The van der Waals surface area contributed by atoms with Crippen molar-refractivity contribution < 1.29 is 19.1 Å². The monoisotopic (exact) mass is 438 g/mol. The van der Waals surface area contributed by atoms with Crippen molar-refractivity contribution in [3.05, 3.63) is 59.7 Å². The summed E-state index contributed by atoms with van der Waals surface area (Å²) in [5, 5.41) is 3.07. The number of carbonyl (C=O) groups is 2. The molecule has 2 aromatic carbocycles. The number of piperidine rings is 1. The van der Waals surface area contributed by atoms with Crippen LogP contribution in [-0.4, -0.2) is 49.1 Å². The van der Waals surface area contributed by atoms with Crippen molar-refractivity contribution >= 4 is 11.8 Å². The second-order valence-corrected chi connectivity index (χ2v) is 8.67. The number of amides is 2. The van der Waals surface area contributed by atoms with Gasteiger partial charge in [-0.25, -0.2) is 0 Å². The van der Waals surface area contributed by atoms with Crippen LogP contribution in [0.3, 0.4) is 0 Å². The van der Waals surface area contributed by atoms with E-state index in [1.165, 1.54) is 5.56 Å². The quantitative estimate of drug-likeness (QED) is 0.678. The van der Waals surface area contributed by atoms with E-state index < -0.39 is 6.10 Å². The number of benzene rings is 2. The Labute approximate surface area is 190 Å². The number of nitrogens with zero attached hydrogens (tertiary/aromatic N) is 1. The van der Waals surface area contributed by atoms with Crippen molar-refractivity contribution in [2.45, 2.75) is 58.1 Å². The van der Waals surface area contributed by atoms with Crippen molar-refractivity contribution in [1.82, 2.24) is 10.2 Å². The van der Waals surface area contributed by atoms with E-state index in [4.69, 9.17) is 9.47 Å². The molecular weight excluding hydrogens is 404 g/mol. The maximum absolute atomic E-state index is 12.6. The molecule has 1 unspecified atom stereocenters. The Hall–Kier alpha value is -3.02. The van der Waals surface area contributed by atoms with E-state index >= 15 is 0 Å². The number of rotatable bonds is 8. The van der Waals surface area contributed by atoms with Crippen LogP contribution < -0.4 is 14.8 Å². The highest BCUT2D eigenvalue weighted by Gasteiger charge is 2.25. The number of hydrogen-bond acceptors (Lipinski definition) is 4. The van der Waals surface area contributed by atoms with Crippen LogP contribution in [0.5, 0.6) is 11.5 Å². The van der Waals surface area contributed by atoms with Crippen molar-refractivity contribution in [1.29, 1.82) is 0 Å². The first kappa shape index (κ1) is 23.6. The summed E-state index contributed by atoms with van der Waals surface area (Å²) in [4.78, 5) is 27.1. The van der Waals surface area contributed by atoms with Crippen LogP contribution in [-0.2, 0) is 16.0 Å². The molecule has 0 aliphatic carbocycles. The van der Waals surface area contributed by atoms with Gasteiger partial charge < -0.3 is 19.7 Å². The lowest BCUT2D eigenvalue weighted by Gasteiger charge is -2.33. The van der Waals surface area contributed by atoms with Crippen LogP contribution in [0, 0.1) is 0 Å². The molecule has 0 bridgehead atoms. The number of carbonyl (C=O) groups excluding carboxylic acids is 2. The van der Waals surface area contributed by atoms with Crippen LogP contribution in [0.2, 0.25) is 0 Å². The Morgan fingerprint density at radius 1 is 0.969 bits per heavy atom. The van der Waals surface area contributed by atoms with E-state index in [2.05, 4.69) is 19.2 Å². The van der Waals surface area contributed by atoms with Crippen LogP contribution >= 0.6 is 0 Å². The zero-order valence-electron chi connectivity index (χ0n) is 19.5. The molecule has 2 amide bonds. The predicted octanol–water partition coefficient (Wildman–Crippen LogP) is 3.94. The lowest BCUT2D eigenvalue weighted by atomic mass is 10.0. The number of nitrogens with one attached hydrogen (secondary N) is 1. The molecule has 1 atom stereocenters. The molecule has 1 aliphatic heterocycles. The number of ether oxygens (including phenoxy) is 2. The second-order valence-electron chi connectivity index (χ2n) is 8.67. The van der Waals surface area contributed by atoms with E-state index in [1.807, 2.05) is 53.4 Å². The topological polar surface area (TPSA) is 67.9 Å². The highest BCUT2D eigenvalue weighted by atomic mass is 16.5. The number of hydrogen-bond donors (Lipinski definition) is 1. The van der Waals surface area contributed by atoms with Crippen molar-refractivity contribution in [3.63, 3.8) is 0 Å². The summed E-state index contributed by atoms with van der Waals surface area (Å²) in [7, 11) is 1.62. The fraction of sp³-hybridized carbons (Fsp3) is 0.462. The molecule has 1 heterocycles. The first-order valence-corrected chi connectivity index (χ1v) is 11.3. The largest absolute Gasteiger partial charge is 0.497 e. The Balaban J connectivity index is 1.42. The van der Waals surface area contributed by atoms with E-state index in [1.54, 1.807) is 14.0 Å². The molecule has 1 saturated heterocycles. The second kappa shape index (κ2) is 11.0. The maximum Gasteiger partial charge on any atom is 0.260 e. The Morgan fingerprint density at radius 2 is 1.56 bits per heavy atom. The lowest BCUT2D eigenvalue weighted by Crippen LogP contribution is -2.49. The minimum atomic E-state index is -0.574. The molecule has 6 heteroatoms. The number of likely N-dealkylation sites (tertiary alicyclic amines) is 1. The molecule has 2 aromatic rings. The smallest absolute Gasteiger partial charge is 0.260 e. The summed E-state index contributed by atoms with van der Waals surface area (Å²) in [6.45, 7) is 7.34. The third-order valence-corrected chi connectivity index (χ3v) is 5.94. The van der Waals surface area contributed by atoms with E-state index in [-0.39, 0.29) is 17.9 Å². The van der Waals surface area contributed by atoms with Gasteiger partial charge in [-0.1, -0.05) is 38.1 Å². The van der Waals surface area contributed by atoms with Crippen molar-refractivity contribution in [3.8, 4) is 11.5 Å². The summed E-state index contributed by atoms with van der Waals surface area (Å²) < 4.78 is 11.0. The number of methoxy groups -OCH3 is 1. The highest BCUT2D eigenvalue weighted by molar-refractivity contribution is 5.81. The highest BCUT2D eigenvalue weighted by Crippen LogP contribution is 2.20. The SMILES string of the molecule is COc1ccc(CC(=O)N2CCC(NC(=O)C(C)Oc3ccc(C(C)C)cc3)CC2)cc1. The van der Waals surface area contributed by atoms with Crippen LogP contribution in [0.1, 0.15) is 50.7 Å². The molecular formula is C26H34N2O4. The summed E-state index contributed by atoms with van der Waals surface area (Å²) >= 11 is 0. The van der Waals surface area contributed by atoms with Gasteiger partial charge in [0.15, 0.2) is 6.10 Å². The summed E-state index contributed by atoms with van der Waals surface area (Å²) in [6, 6.07) is 15.5. The van der Waals surface area contributed by atoms with E-state index in [9.17, 15) is 9.59 Å². The Bertz CT molecular complexity index is 885. The summed E-state index contributed by atoms with van der Waals surface area (Å²) in [6.07, 6.45) is 1.29. The lowest BCUT2D eigenvalue weighted by molar-refractivity contribution is -0.132. The van der Waals surface area contributed by atoms with Crippen LogP contribution in [0.15, 0.2) is 48.5 Å². The zero-order chi connectivity index (χ0) is 23.1. The van der Waals surface area contributed by atoms with Gasteiger partial charge >= 0.3 is 0 Å². The van der Waals surface area contributed by atoms with Crippen molar-refractivity contribution in [2.24, 2.45) is 0 Å². The molecule has 0 spiro atoms. The fourth-order valence-corrected chi connectivity index (χ4v) is 3.81. The fourth-order valence-electron chi connectivity index (χ4n) is 3.81. The van der Waals surface area contributed by atoms with Gasteiger partial charge in [0.1, 0.15) is 11.5 Å². The third-order valence-electron chi connectivity index (χ3n) is 5.94. The first-order valence-electron chi connectivity index (χ1n) is 11.3. The summed E-state index contributed by atoms with van der Waals surface area (Å²) in [5.74, 6) is 1.92. The molecule has 32 heavy (non-hydrogen) atoms. The van der Waals surface area contributed by atoms with Gasteiger partial charge in [-0.3, -0.25) is 9.59 Å². The minimum Gasteiger partial charge on any atom is -0.497 e. The molecule has 1 fully saturated rings. The van der Waals surface area contributed by atoms with Gasteiger partial charge in [0.25, 0.3) is 5.91 Å². The first-order chi connectivity index (χ1) is 15.4. The van der Waals surface area contributed by atoms with Gasteiger partial charge in [-0.15, -0.1) is 0 Å². The molecule has 0 saturated carbocycles. The van der Waals surface area contributed by atoms with Gasteiger partial charge in [-0.05, 0) is 61.1 Å². The molecule has 0 aromatic heterocycles. The zero-order valence-corrected chi connectivity index (χ0v) is 19.5. The van der Waals surface area contributed by atoms with Crippen molar-refractivity contribution in [2.75, 3.05) is 20.2 Å². The average molecular weight is 439 g/mol. The molecule has 0 radical (unpaired) electrons. The minimum absolute atomic E-state index is 0.0573. The Kier molecular flexibility index (Phi) is 8.14. The third kappa shape index (κ3) is 6.49. The normalized spacial score (nSPS) is 15.3. The molecule has 3 rings (SSSR count). The molecule has 6 nitrogen and oxygen atoms in total. The maximum atomic E-state index is 12.6. The van der Waals surface area contributed by atoms with Gasteiger partial charge in [0.05, 0.1) is 13.5 Å². The Morgan fingerprint density at radius 3 is 2.12 bits per heavy atom. The molecule has 1 aliphatic rings. The van der Waals surface area contributed by atoms with Crippen LogP contribution in [0.4, 0.5) is 0 Å². The van der Waals surface area contributed by atoms with Gasteiger partial charge in [0.2, 0.25) is 5.91 Å². The van der Waals surface area contributed by atoms with Crippen LogP contribution in [0.25, 0.3) is 0 Å². The van der Waals surface area contributed by atoms with E-state index in [0.717, 1.165) is 24.2 Å². The van der Waals surface area contributed by atoms with Gasteiger partial charge in [-0.2, -0.15) is 0 Å². The molecule has 1 N–H and O–H groups in total.